The number of nitrogens with zero attached hydrogens (tertiary/aromatic N) is 3. The van der Waals surface area contributed by atoms with Gasteiger partial charge in [-0.05, 0) is 18.2 Å². The van der Waals surface area contributed by atoms with Gasteiger partial charge >= 0.3 is 0 Å². The van der Waals surface area contributed by atoms with Gasteiger partial charge in [0.15, 0.2) is 0 Å². The summed E-state index contributed by atoms with van der Waals surface area (Å²) in [5, 5.41) is 13.6. The zero-order valence-electron chi connectivity index (χ0n) is 16.3. The van der Waals surface area contributed by atoms with E-state index in [2.05, 4.69) is 5.32 Å². The number of hydrogen-bond acceptors (Lipinski definition) is 6. The summed E-state index contributed by atoms with van der Waals surface area (Å²) >= 11 is 12.0. The Hall–Kier alpha value is -2.24. The minimum atomic E-state index is -3.77. The molecule has 12 heteroatoms. The lowest BCUT2D eigenvalue weighted by Crippen LogP contribution is -2.49. The molecule has 0 radical (unpaired) electrons. The second kappa shape index (κ2) is 9.92. The SMILES string of the molecule is O=C(CCN1CCN(S(=O)(=O)c2cccc(Cl)c2Cl)CC1)Nc1cccc([N+](=O)[O-])c1. The molecule has 1 N–H and O–H groups in total. The fraction of sp³-hybridized carbons (Fsp3) is 0.316. The van der Waals surface area contributed by atoms with E-state index in [1.807, 2.05) is 4.90 Å². The van der Waals surface area contributed by atoms with Gasteiger partial charge in [0.25, 0.3) is 5.69 Å². The van der Waals surface area contributed by atoms with Crippen molar-refractivity contribution in [2.45, 2.75) is 11.3 Å². The van der Waals surface area contributed by atoms with Crippen LogP contribution < -0.4 is 5.32 Å². The van der Waals surface area contributed by atoms with Crippen molar-refractivity contribution < 1.29 is 18.1 Å². The number of nitro benzene ring substituents is 1. The van der Waals surface area contributed by atoms with E-state index in [-0.39, 0.29) is 46.0 Å². The van der Waals surface area contributed by atoms with Gasteiger partial charge < -0.3 is 10.2 Å². The molecule has 0 saturated carbocycles. The van der Waals surface area contributed by atoms with Crippen LogP contribution in [0.3, 0.4) is 0 Å². The van der Waals surface area contributed by atoms with Crippen molar-refractivity contribution in [1.82, 2.24) is 9.21 Å². The summed E-state index contributed by atoms with van der Waals surface area (Å²) in [4.78, 5) is 24.4. The number of rotatable bonds is 7. The molecule has 0 aromatic heterocycles. The Morgan fingerprint density at radius 2 is 1.77 bits per heavy atom. The number of anilines is 1. The molecule has 1 saturated heterocycles. The van der Waals surface area contributed by atoms with Gasteiger partial charge in [-0.15, -0.1) is 0 Å². The highest BCUT2D eigenvalue weighted by Gasteiger charge is 2.30. The average molecular weight is 487 g/mol. The third-order valence-corrected chi connectivity index (χ3v) is 7.73. The smallest absolute Gasteiger partial charge is 0.271 e. The molecule has 0 spiro atoms. The molecular formula is C19H20Cl2N4O5S. The van der Waals surface area contributed by atoms with Crippen LogP contribution in [0.5, 0.6) is 0 Å². The van der Waals surface area contributed by atoms with Crippen molar-refractivity contribution in [3.8, 4) is 0 Å². The number of sulfonamides is 1. The molecule has 2 aromatic carbocycles. The summed E-state index contributed by atoms with van der Waals surface area (Å²) in [6.07, 6.45) is 0.176. The Morgan fingerprint density at radius 3 is 2.45 bits per heavy atom. The van der Waals surface area contributed by atoms with Crippen LogP contribution in [-0.2, 0) is 14.8 Å². The van der Waals surface area contributed by atoms with E-state index >= 15 is 0 Å². The van der Waals surface area contributed by atoms with Crippen molar-refractivity contribution >= 4 is 50.5 Å². The molecule has 9 nitrogen and oxygen atoms in total. The van der Waals surface area contributed by atoms with E-state index in [9.17, 15) is 23.3 Å². The number of non-ortho nitro benzene ring substituents is 1. The van der Waals surface area contributed by atoms with Gasteiger partial charge in [0, 0.05) is 57.0 Å². The lowest BCUT2D eigenvalue weighted by atomic mass is 10.2. The Labute approximate surface area is 189 Å². The van der Waals surface area contributed by atoms with E-state index in [1.54, 1.807) is 6.07 Å². The molecule has 0 unspecified atom stereocenters. The van der Waals surface area contributed by atoms with Crippen molar-refractivity contribution in [3.05, 3.63) is 62.6 Å². The molecule has 31 heavy (non-hydrogen) atoms. The highest BCUT2D eigenvalue weighted by molar-refractivity contribution is 7.89. The molecule has 1 aliphatic rings. The number of halogens is 2. The molecule has 0 bridgehead atoms. The van der Waals surface area contributed by atoms with Crippen molar-refractivity contribution in [2.24, 2.45) is 0 Å². The number of nitrogens with one attached hydrogen (secondary N) is 1. The summed E-state index contributed by atoms with van der Waals surface area (Å²) in [7, 11) is -3.77. The van der Waals surface area contributed by atoms with Gasteiger partial charge in [-0.25, -0.2) is 8.42 Å². The van der Waals surface area contributed by atoms with Crippen LogP contribution in [0.15, 0.2) is 47.4 Å². The first kappa shape index (κ1) is 23.4. The lowest BCUT2D eigenvalue weighted by molar-refractivity contribution is -0.384. The largest absolute Gasteiger partial charge is 0.326 e. The Bertz CT molecular complexity index is 1090. The monoisotopic (exact) mass is 486 g/mol. The molecule has 1 heterocycles. The second-order valence-corrected chi connectivity index (χ2v) is 9.59. The van der Waals surface area contributed by atoms with Gasteiger partial charge in [0.2, 0.25) is 15.9 Å². The molecule has 0 aliphatic carbocycles. The van der Waals surface area contributed by atoms with Crippen molar-refractivity contribution in [3.63, 3.8) is 0 Å². The highest BCUT2D eigenvalue weighted by Crippen LogP contribution is 2.31. The van der Waals surface area contributed by atoms with Gasteiger partial charge in [-0.2, -0.15) is 4.31 Å². The summed E-state index contributed by atoms with van der Waals surface area (Å²) in [6.45, 7) is 1.88. The Morgan fingerprint density at radius 1 is 1.10 bits per heavy atom. The average Bonchev–Trinajstić information content (AvgIpc) is 2.74. The maximum atomic E-state index is 12.9. The third-order valence-electron chi connectivity index (χ3n) is 4.86. The molecule has 2 aromatic rings. The number of piperazine rings is 1. The van der Waals surface area contributed by atoms with Crippen molar-refractivity contribution in [1.29, 1.82) is 0 Å². The summed E-state index contributed by atoms with van der Waals surface area (Å²) in [6, 6.07) is 10.2. The van der Waals surface area contributed by atoms with Crippen LogP contribution >= 0.6 is 23.2 Å². The number of hydrogen-bond donors (Lipinski definition) is 1. The number of nitro groups is 1. The van der Waals surface area contributed by atoms with E-state index < -0.39 is 14.9 Å². The summed E-state index contributed by atoms with van der Waals surface area (Å²) in [5.74, 6) is -0.277. The molecule has 3 rings (SSSR count). The van der Waals surface area contributed by atoms with Crippen molar-refractivity contribution in [2.75, 3.05) is 38.0 Å². The summed E-state index contributed by atoms with van der Waals surface area (Å²) < 4.78 is 27.1. The minimum absolute atomic E-state index is 0.00409. The maximum absolute atomic E-state index is 12.9. The zero-order valence-corrected chi connectivity index (χ0v) is 18.7. The van der Waals surface area contributed by atoms with Gasteiger partial charge in [-0.1, -0.05) is 35.3 Å². The zero-order chi connectivity index (χ0) is 22.6. The predicted molar refractivity (Wildman–Crippen MR) is 118 cm³/mol. The molecule has 1 amide bonds. The summed E-state index contributed by atoms with van der Waals surface area (Å²) in [5.41, 5.74) is 0.253. The Kier molecular flexibility index (Phi) is 7.50. The van der Waals surface area contributed by atoms with E-state index in [0.29, 0.717) is 25.3 Å². The third kappa shape index (κ3) is 5.72. The van der Waals surface area contributed by atoms with E-state index in [1.165, 1.54) is 40.7 Å². The van der Waals surface area contributed by atoms with Crippen LogP contribution in [0.1, 0.15) is 6.42 Å². The number of benzene rings is 2. The van der Waals surface area contributed by atoms with Crippen LogP contribution in [0.25, 0.3) is 0 Å². The fourth-order valence-electron chi connectivity index (χ4n) is 3.20. The molecular weight excluding hydrogens is 467 g/mol. The maximum Gasteiger partial charge on any atom is 0.271 e. The minimum Gasteiger partial charge on any atom is -0.326 e. The van der Waals surface area contributed by atoms with E-state index in [0.717, 1.165) is 0 Å². The number of carbonyl (C=O) groups is 1. The predicted octanol–water partition coefficient (Wildman–Crippen LogP) is 3.24. The second-order valence-electron chi connectivity index (χ2n) is 6.90. The quantitative estimate of drug-likeness (QED) is 0.474. The molecule has 166 valence electrons. The standard InChI is InChI=1S/C19H20Cl2N4O5S/c20-16-5-2-6-17(19(16)21)31(29,30)24-11-9-23(10-12-24)8-7-18(26)22-14-3-1-4-15(13-14)25(27)28/h1-6,13H,7-12H2,(H,22,26). The topological polar surface area (TPSA) is 113 Å². The van der Waals surface area contributed by atoms with E-state index in [4.69, 9.17) is 23.2 Å². The van der Waals surface area contributed by atoms with Crippen LogP contribution in [0.2, 0.25) is 10.0 Å². The lowest BCUT2D eigenvalue weighted by Gasteiger charge is -2.34. The first-order valence-corrected chi connectivity index (χ1v) is 11.6. The molecule has 1 aliphatic heterocycles. The first-order valence-electron chi connectivity index (χ1n) is 9.39. The van der Waals surface area contributed by atoms with Crippen LogP contribution in [0.4, 0.5) is 11.4 Å². The number of carbonyl (C=O) groups excluding carboxylic acids is 1. The van der Waals surface area contributed by atoms with Gasteiger partial charge in [0.1, 0.15) is 4.90 Å². The van der Waals surface area contributed by atoms with Gasteiger partial charge in [0.05, 0.1) is 15.0 Å². The normalized spacial score (nSPS) is 15.5. The van der Waals surface area contributed by atoms with Gasteiger partial charge in [-0.3, -0.25) is 14.9 Å². The highest BCUT2D eigenvalue weighted by atomic mass is 35.5. The Balaban J connectivity index is 1.51. The molecule has 0 atom stereocenters. The number of amides is 1. The van der Waals surface area contributed by atoms with Crippen LogP contribution in [-0.4, -0.2) is 61.2 Å². The fourth-order valence-corrected chi connectivity index (χ4v) is 5.35. The molecule has 1 fully saturated rings. The van der Waals surface area contributed by atoms with Crippen LogP contribution in [0, 0.1) is 10.1 Å². The first-order chi connectivity index (χ1) is 14.7.